The molecule has 2 aromatic rings. The van der Waals surface area contributed by atoms with Crippen LogP contribution in [0.4, 0.5) is 10.5 Å². The summed E-state index contributed by atoms with van der Waals surface area (Å²) in [6.45, 7) is 7.26. The van der Waals surface area contributed by atoms with Gasteiger partial charge in [-0.15, -0.1) is 0 Å². The lowest BCUT2D eigenvalue weighted by Crippen LogP contribution is -2.24. The number of benzene rings is 1. The minimum absolute atomic E-state index is 0.385. The summed E-state index contributed by atoms with van der Waals surface area (Å²) in [7, 11) is -1.15. The van der Waals surface area contributed by atoms with E-state index in [1.807, 2.05) is 30.5 Å². The SMILES string of the molecule is C[Si](C)(C)CCOC(=O)Nc1ccc2cc[nH]c2c1. The minimum atomic E-state index is -1.15. The van der Waals surface area contributed by atoms with Crippen LogP contribution in [0, 0.1) is 0 Å². The molecule has 0 aliphatic rings. The zero-order valence-corrected chi connectivity index (χ0v) is 12.6. The summed E-state index contributed by atoms with van der Waals surface area (Å²) in [6.07, 6.45) is 1.49. The van der Waals surface area contributed by atoms with Crippen LogP contribution in [-0.4, -0.2) is 25.8 Å². The topological polar surface area (TPSA) is 54.1 Å². The second-order valence-electron chi connectivity index (χ2n) is 5.85. The Morgan fingerprint density at radius 1 is 1.32 bits per heavy atom. The van der Waals surface area contributed by atoms with Crippen LogP contribution >= 0.6 is 0 Å². The van der Waals surface area contributed by atoms with Gasteiger partial charge in [-0.25, -0.2) is 4.79 Å². The van der Waals surface area contributed by atoms with Crippen LogP contribution in [0.15, 0.2) is 30.5 Å². The normalized spacial score (nSPS) is 11.5. The number of hydrogen-bond donors (Lipinski definition) is 2. The van der Waals surface area contributed by atoms with Gasteiger partial charge in [0.1, 0.15) is 0 Å². The third kappa shape index (κ3) is 4.13. The summed E-state index contributed by atoms with van der Waals surface area (Å²) < 4.78 is 5.19. The molecule has 0 saturated heterocycles. The average molecular weight is 276 g/mol. The van der Waals surface area contributed by atoms with E-state index < -0.39 is 8.07 Å². The fraction of sp³-hybridized carbons (Fsp3) is 0.357. The molecule has 2 rings (SSSR count). The van der Waals surface area contributed by atoms with Gasteiger partial charge in [-0.1, -0.05) is 25.7 Å². The molecule has 0 unspecified atom stereocenters. The van der Waals surface area contributed by atoms with Gasteiger partial charge in [0.05, 0.1) is 6.61 Å². The summed E-state index contributed by atoms with van der Waals surface area (Å²) in [5.74, 6) is 0. The van der Waals surface area contributed by atoms with Gasteiger partial charge in [0.15, 0.2) is 0 Å². The van der Waals surface area contributed by atoms with Crippen LogP contribution < -0.4 is 5.32 Å². The maximum Gasteiger partial charge on any atom is 0.411 e. The Balaban J connectivity index is 1.88. The number of ether oxygens (including phenoxy) is 1. The predicted octanol–water partition coefficient (Wildman–Crippen LogP) is 4.05. The molecule has 0 saturated carbocycles. The lowest BCUT2D eigenvalue weighted by atomic mass is 10.2. The molecule has 0 fully saturated rings. The number of H-pyrrole nitrogens is 1. The van der Waals surface area contributed by atoms with Crippen molar-refractivity contribution in [2.75, 3.05) is 11.9 Å². The molecular weight excluding hydrogens is 256 g/mol. The number of carbonyl (C=O) groups excluding carboxylic acids is 1. The van der Waals surface area contributed by atoms with Crippen molar-refractivity contribution in [2.45, 2.75) is 25.7 Å². The molecule has 0 atom stereocenters. The number of rotatable bonds is 4. The molecule has 0 aliphatic carbocycles. The summed E-state index contributed by atoms with van der Waals surface area (Å²) in [5, 5.41) is 3.87. The highest BCUT2D eigenvalue weighted by atomic mass is 28.3. The standard InChI is InChI=1S/C14H20N2O2Si/c1-19(2,3)9-8-18-14(17)16-12-5-4-11-6-7-15-13(11)10-12/h4-7,10,15H,8-9H2,1-3H3,(H,16,17). The van der Waals surface area contributed by atoms with E-state index in [1.54, 1.807) is 0 Å². The monoisotopic (exact) mass is 276 g/mol. The van der Waals surface area contributed by atoms with Crippen molar-refractivity contribution in [3.63, 3.8) is 0 Å². The predicted molar refractivity (Wildman–Crippen MR) is 81.4 cm³/mol. The number of amides is 1. The first-order valence-electron chi connectivity index (χ1n) is 6.45. The minimum Gasteiger partial charge on any atom is -0.450 e. The van der Waals surface area contributed by atoms with E-state index in [9.17, 15) is 4.79 Å². The second-order valence-corrected chi connectivity index (χ2v) is 11.5. The Morgan fingerprint density at radius 2 is 2.11 bits per heavy atom. The zero-order valence-electron chi connectivity index (χ0n) is 11.6. The second kappa shape index (κ2) is 5.48. The number of fused-ring (bicyclic) bond motifs is 1. The van der Waals surface area contributed by atoms with Crippen molar-refractivity contribution in [3.05, 3.63) is 30.5 Å². The summed E-state index contributed by atoms with van der Waals surface area (Å²) in [6, 6.07) is 8.70. The number of nitrogens with one attached hydrogen (secondary N) is 2. The van der Waals surface area contributed by atoms with Crippen molar-refractivity contribution in [1.82, 2.24) is 4.98 Å². The molecule has 5 heteroatoms. The number of carbonyl (C=O) groups is 1. The molecule has 4 nitrogen and oxygen atoms in total. The maximum absolute atomic E-state index is 11.6. The molecule has 0 aliphatic heterocycles. The van der Waals surface area contributed by atoms with E-state index >= 15 is 0 Å². The molecule has 1 aromatic heterocycles. The quantitative estimate of drug-likeness (QED) is 0.828. The summed E-state index contributed by atoms with van der Waals surface area (Å²) in [4.78, 5) is 14.8. The van der Waals surface area contributed by atoms with E-state index in [0.29, 0.717) is 6.61 Å². The Morgan fingerprint density at radius 3 is 2.84 bits per heavy atom. The Bertz CT molecular complexity index is 572. The van der Waals surface area contributed by atoms with Gasteiger partial charge in [-0.3, -0.25) is 5.32 Å². The molecule has 0 spiro atoms. The van der Waals surface area contributed by atoms with Gasteiger partial charge >= 0.3 is 6.09 Å². The van der Waals surface area contributed by atoms with Gasteiger partial charge in [0.25, 0.3) is 0 Å². The van der Waals surface area contributed by atoms with Crippen LogP contribution in [0.1, 0.15) is 0 Å². The third-order valence-corrected chi connectivity index (χ3v) is 4.59. The fourth-order valence-electron chi connectivity index (χ4n) is 1.73. The highest BCUT2D eigenvalue weighted by molar-refractivity contribution is 6.76. The molecule has 0 radical (unpaired) electrons. The van der Waals surface area contributed by atoms with Crippen LogP contribution in [-0.2, 0) is 4.74 Å². The van der Waals surface area contributed by atoms with Gasteiger partial charge < -0.3 is 9.72 Å². The Kier molecular flexibility index (Phi) is 3.95. The molecule has 102 valence electrons. The lowest BCUT2D eigenvalue weighted by Gasteiger charge is -2.15. The van der Waals surface area contributed by atoms with Gasteiger partial charge in [0.2, 0.25) is 0 Å². The molecule has 1 aromatic carbocycles. The largest absolute Gasteiger partial charge is 0.450 e. The average Bonchev–Trinajstić information content (AvgIpc) is 2.74. The van der Waals surface area contributed by atoms with Crippen LogP contribution in [0.2, 0.25) is 25.7 Å². The van der Waals surface area contributed by atoms with Crippen molar-refractivity contribution in [3.8, 4) is 0 Å². The van der Waals surface area contributed by atoms with E-state index in [1.165, 1.54) is 0 Å². The number of aromatic amines is 1. The Labute approximate surface area is 114 Å². The van der Waals surface area contributed by atoms with Crippen LogP contribution in [0.25, 0.3) is 10.9 Å². The maximum atomic E-state index is 11.6. The zero-order chi connectivity index (χ0) is 13.9. The van der Waals surface area contributed by atoms with E-state index in [0.717, 1.165) is 22.6 Å². The van der Waals surface area contributed by atoms with E-state index in [4.69, 9.17) is 4.74 Å². The number of hydrogen-bond acceptors (Lipinski definition) is 2. The van der Waals surface area contributed by atoms with Crippen molar-refractivity contribution in [2.24, 2.45) is 0 Å². The molecule has 19 heavy (non-hydrogen) atoms. The third-order valence-electron chi connectivity index (χ3n) is 2.89. The van der Waals surface area contributed by atoms with Crippen LogP contribution in [0.3, 0.4) is 0 Å². The first-order valence-corrected chi connectivity index (χ1v) is 10.2. The molecule has 0 bridgehead atoms. The van der Waals surface area contributed by atoms with Crippen molar-refractivity contribution in [1.29, 1.82) is 0 Å². The summed E-state index contributed by atoms with van der Waals surface area (Å²) >= 11 is 0. The fourth-order valence-corrected chi connectivity index (χ4v) is 2.44. The molecule has 2 N–H and O–H groups in total. The van der Waals surface area contributed by atoms with Crippen molar-refractivity contribution < 1.29 is 9.53 Å². The highest BCUT2D eigenvalue weighted by Gasteiger charge is 2.13. The first kappa shape index (κ1) is 13.7. The smallest absolute Gasteiger partial charge is 0.411 e. The molecule has 1 amide bonds. The van der Waals surface area contributed by atoms with Gasteiger partial charge in [-0.2, -0.15) is 0 Å². The first-order chi connectivity index (χ1) is 8.94. The molecule has 1 heterocycles. The highest BCUT2D eigenvalue weighted by Crippen LogP contribution is 2.17. The van der Waals surface area contributed by atoms with E-state index in [2.05, 4.69) is 29.9 Å². The number of aromatic nitrogens is 1. The lowest BCUT2D eigenvalue weighted by molar-refractivity contribution is 0.167. The van der Waals surface area contributed by atoms with E-state index in [-0.39, 0.29) is 6.09 Å². The van der Waals surface area contributed by atoms with Gasteiger partial charge in [0, 0.05) is 25.5 Å². The van der Waals surface area contributed by atoms with Gasteiger partial charge in [-0.05, 0) is 29.6 Å². The Hall–Kier alpha value is -1.75. The molecular formula is C14H20N2O2Si. The van der Waals surface area contributed by atoms with Crippen molar-refractivity contribution >= 4 is 30.8 Å². The summed E-state index contributed by atoms with van der Waals surface area (Å²) in [5.41, 5.74) is 1.74. The number of anilines is 1. The van der Waals surface area contributed by atoms with Crippen LogP contribution in [0.5, 0.6) is 0 Å².